The number of nitrogens with zero attached hydrogens (tertiary/aromatic N) is 1. The number of anilines is 2. The van der Waals surface area contributed by atoms with E-state index in [0.29, 0.717) is 17.9 Å². The minimum Gasteiger partial charge on any atom is -0.373 e. The molecule has 2 aromatic rings. The Kier molecular flexibility index (Phi) is 5.81. The molecule has 2 heterocycles. The van der Waals surface area contributed by atoms with Crippen LogP contribution >= 0.6 is 0 Å². The summed E-state index contributed by atoms with van der Waals surface area (Å²) in [6.07, 6.45) is 4.31. The van der Waals surface area contributed by atoms with E-state index in [1.54, 1.807) is 12.1 Å². The molecule has 29 heavy (non-hydrogen) atoms. The molecule has 2 aromatic carbocycles. The van der Waals surface area contributed by atoms with Crippen molar-refractivity contribution < 1.29 is 14.3 Å². The smallest absolute Gasteiger partial charge is 0.250 e. The van der Waals surface area contributed by atoms with Gasteiger partial charge in [-0.15, -0.1) is 0 Å². The Morgan fingerprint density at radius 1 is 1.10 bits per heavy atom. The van der Waals surface area contributed by atoms with Gasteiger partial charge < -0.3 is 20.7 Å². The third kappa shape index (κ3) is 4.43. The van der Waals surface area contributed by atoms with Crippen LogP contribution in [0.15, 0.2) is 42.5 Å². The number of primary amides is 1. The third-order valence-electron chi connectivity index (χ3n) is 5.73. The van der Waals surface area contributed by atoms with E-state index >= 15 is 0 Å². The maximum absolute atomic E-state index is 12.7. The molecule has 1 fully saturated rings. The number of carbonyl (C=O) groups is 2. The van der Waals surface area contributed by atoms with Gasteiger partial charge in [0.15, 0.2) is 0 Å². The van der Waals surface area contributed by atoms with Crippen LogP contribution in [0.4, 0.5) is 11.4 Å². The molecule has 1 atom stereocenters. The van der Waals surface area contributed by atoms with E-state index in [0.717, 1.165) is 43.6 Å². The number of piperidine rings is 1. The third-order valence-corrected chi connectivity index (χ3v) is 5.73. The molecule has 0 aromatic heterocycles. The summed E-state index contributed by atoms with van der Waals surface area (Å²) in [6, 6.07) is 13.6. The average Bonchev–Trinajstić information content (AvgIpc) is 2.75. The molecule has 0 saturated carbocycles. The van der Waals surface area contributed by atoms with Gasteiger partial charge in [0.2, 0.25) is 5.91 Å². The zero-order valence-corrected chi connectivity index (χ0v) is 16.5. The summed E-state index contributed by atoms with van der Waals surface area (Å²) in [5, 5.41) is 2.86. The van der Waals surface area contributed by atoms with Gasteiger partial charge in [-0.2, -0.15) is 0 Å². The lowest BCUT2D eigenvalue weighted by Crippen LogP contribution is -2.30. The van der Waals surface area contributed by atoms with Crippen molar-refractivity contribution in [2.24, 2.45) is 5.73 Å². The highest BCUT2D eigenvalue weighted by molar-refractivity contribution is 6.04. The van der Waals surface area contributed by atoms with E-state index in [1.807, 2.05) is 24.3 Å². The van der Waals surface area contributed by atoms with Crippen molar-refractivity contribution in [3.8, 4) is 0 Å². The Morgan fingerprint density at radius 3 is 2.69 bits per heavy atom. The molecule has 0 bridgehead atoms. The van der Waals surface area contributed by atoms with Gasteiger partial charge in [0, 0.05) is 18.8 Å². The van der Waals surface area contributed by atoms with Crippen LogP contribution in [0.1, 0.15) is 53.3 Å². The van der Waals surface area contributed by atoms with Crippen LogP contribution in [0.2, 0.25) is 0 Å². The number of nitrogens with one attached hydrogen (secondary N) is 1. The number of carbonyl (C=O) groups excluding carboxylic acids is 2. The first kappa shape index (κ1) is 19.5. The van der Waals surface area contributed by atoms with Crippen molar-refractivity contribution in [3.63, 3.8) is 0 Å². The van der Waals surface area contributed by atoms with Gasteiger partial charge in [-0.1, -0.05) is 24.3 Å². The maximum atomic E-state index is 12.7. The molecule has 2 amide bonds. The van der Waals surface area contributed by atoms with Crippen LogP contribution in [0.3, 0.4) is 0 Å². The Morgan fingerprint density at radius 2 is 1.90 bits per heavy atom. The van der Waals surface area contributed by atoms with E-state index in [9.17, 15) is 9.59 Å². The number of amides is 2. The van der Waals surface area contributed by atoms with E-state index in [-0.39, 0.29) is 18.4 Å². The van der Waals surface area contributed by atoms with Crippen LogP contribution in [0.25, 0.3) is 0 Å². The number of hydrogen-bond acceptors (Lipinski definition) is 4. The Hall–Kier alpha value is -2.86. The number of nitrogens with two attached hydrogens (primary N) is 1. The summed E-state index contributed by atoms with van der Waals surface area (Å²) in [4.78, 5) is 27.0. The number of hydrogen-bond donors (Lipinski definition) is 2. The lowest BCUT2D eigenvalue weighted by atomic mass is 9.95. The average molecular weight is 393 g/mol. The van der Waals surface area contributed by atoms with E-state index in [2.05, 4.69) is 16.3 Å². The van der Waals surface area contributed by atoms with Gasteiger partial charge in [-0.25, -0.2) is 0 Å². The van der Waals surface area contributed by atoms with Crippen LogP contribution < -0.4 is 16.0 Å². The lowest BCUT2D eigenvalue weighted by Gasteiger charge is -2.29. The predicted octanol–water partition coefficient (Wildman–Crippen LogP) is 3.42. The molecular formula is C23H27N3O3. The van der Waals surface area contributed by atoms with Gasteiger partial charge >= 0.3 is 0 Å². The molecule has 4 rings (SSSR count). The summed E-state index contributed by atoms with van der Waals surface area (Å²) in [7, 11) is 0. The second kappa shape index (κ2) is 8.66. The first-order valence-electron chi connectivity index (χ1n) is 10.3. The molecule has 0 aliphatic carbocycles. The lowest BCUT2D eigenvalue weighted by molar-refractivity contribution is -0.119. The van der Waals surface area contributed by atoms with E-state index in [1.165, 1.54) is 12.0 Å². The van der Waals surface area contributed by atoms with Gasteiger partial charge in [0.05, 0.1) is 30.4 Å². The first-order valence-corrected chi connectivity index (χ1v) is 10.3. The van der Waals surface area contributed by atoms with Gasteiger partial charge in [0.1, 0.15) is 0 Å². The van der Waals surface area contributed by atoms with Crippen molar-refractivity contribution in [1.82, 2.24) is 0 Å². The Balaban J connectivity index is 1.48. The molecule has 3 N–H and O–H groups in total. The first-order chi connectivity index (χ1) is 14.1. The summed E-state index contributed by atoms with van der Waals surface area (Å²) in [5.41, 5.74) is 9.65. The number of rotatable bonds is 5. The Labute approximate surface area is 171 Å². The fourth-order valence-electron chi connectivity index (χ4n) is 4.21. The fourth-order valence-corrected chi connectivity index (χ4v) is 4.21. The van der Waals surface area contributed by atoms with Crippen molar-refractivity contribution >= 4 is 23.2 Å². The molecule has 6 nitrogen and oxygen atoms in total. The predicted molar refractivity (Wildman–Crippen MR) is 113 cm³/mol. The molecule has 0 radical (unpaired) electrons. The second-order valence-corrected chi connectivity index (χ2v) is 7.70. The van der Waals surface area contributed by atoms with Crippen molar-refractivity contribution in [1.29, 1.82) is 0 Å². The number of benzene rings is 2. The topological polar surface area (TPSA) is 84.7 Å². The van der Waals surface area contributed by atoms with Gasteiger partial charge in [0.25, 0.3) is 5.91 Å². The number of ether oxygens (including phenoxy) is 1. The summed E-state index contributed by atoms with van der Waals surface area (Å²) in [5.74, 6) is -0.738. The highest BCUT2D eigenvalue weighted by Crippen LogP contribution is 2.31. The van der Waals surface area contributed by atoms with E-state index < -0.39 is 5.91 Å². The molecule has 1 saturated heterocycles. The van der Waals surface area contributed by atoms with Crippen molar-refractivity contribution in [2.75, 3.05) is 29.9 Å². The summed E-state index contributed by atoms with van der Waals surface area (Å²) >= 11 is 0. The molecule has 0 spiro atoms. The molecular weight excluding hydrogens is 366 g/mol. The monoisotopic (exact) mass is 393 g/mol. The molecule has 152 valence electrons. The maximum Gasteiger partial charge on any atom is 0.250 e. The zero-order valence-electron chi connectivity index (χ0n) is 16.5. The van der Waals surface area contributed by atoms with Crippen molar-refractivity contribution in [2.45, 2.75) is 38.2 Å². The standard InChI is InChI=1S/C23H27N3O3/c24-23(28)19-14-17(26-11-4-1-5-12-26)8-9-20(19)25-22(27)15-21-18-7-3-2-6-16(18)10-13-29-21/h2-3,6-9,14,21H,1,4-5,10-13,15H2,(H2,24,28)(H,25,27). The fraction of sp³-hybridized carbons (Fsp3) is 0.391. The highest BCUT2D eigenvalue weighted by Gasteiger charge is 2.24. The van der Waals surface area contributed by atoms with Crippen LogP contribution in [-0.2, 0) is 16.0 Å². The van der Waals surface area contributed by atoms with Crippen LogP contribution in [0.5, 0.6) is 0 Å². The van der Waals surface area contributed by atoms with Crippen molar-refractivity contribution in [3.05, 3.63) is 59.2 Å². The largest absolute Gasteiger partial charge is 0.373 e. The summed E-state index contributed by atoms with van der Waals surface area (Å²) < 4.78 is 5.83. The zero-order chi connectivity index (χ0) is 20.2. The molecule has 2 aliphatic heterocycles. The minimum absolute atomic E-state index is 0.195. The van der Waals surface area contributed by atoms with E-state index in [4.69, 9.17) is 10.5 Å². The molecule has 2 aliphatic rings. The second-order valence-electron chi connectivity index (χ2n) is 7.70. The van der Waals surface area contributed by atoms with Gasteiger partial charge in [-0.3, -0.25) is 9.59 Å². The molecule has 6 heteroatoms. The highest BCUT2D eigenvalue weighted by atomic mass is 16.5. The normalized spacial score (nSPS) is 18.8. The SMILES string of the molecule is NC(=O)c1cc(N2CCCCC2)ccc1NC(=O)CC1OCCc2ccccc21. The van der Waals surface area contributed by atoms with Gasteiger partial charge in [-0.05, 0) is 55.0 Å². The number of fused-ring (bicyclic) bond motifs is 1. The Bertz CT molecular complexity index is 906. The minimum atomic E-state index is -0.543. The van der Waals surface area contributed by atoms with Crippen LogP contribution in [0, 0.1) is 0 Å². The molecule has 1 unspecified atom stereocenters. The summed E-state index contributed by atoms with van der Waals surface area (Å²) in [6.45, 7) is 2.55. The quantitative estimate of drug-likeness (QED) is 0.815. The van der Waals surface area contributed by atoms with Crippen LogP contribution in [-0.4, -0.2) is 31.5 Å².